The van der Waals surface area contributed by atoms with Crippen LogP contribution in [-0.2, 0) is 5.41 Å². The van der Waals surface area contributed by atoms with Gasteiger partial charge in [0.05, 0.1) is 0 Å². The zero-order chi connectivity index (χ0) is 12.6. The number of hydrogen-bond donors (Lipinski definition) is 1. The van der Waals surface area contributed by atoms with Gasteiger partial charge in [0.1, 0.15) is 0 Å². The molecule has 1 aromatic heterocycles. The van der Waals surface area contributed by atoms with E-state index >= 15 is 0 Å². The van der Waals surface area contributed by atoms with Gasteiger partial charge in [0.25, 0.3) is 0 Å². The summed E-state index contributed by atoms with van der Waals surface area (Å²) >= 11 is 5.57. The van der Waals surface area contributed by atoms with Gasteiger partial charge in [0.15, 0.2) is 0 Å². The Balaban J connectivity index is 1.93. The van der Waals surface area contributed by atoms with Crippen molar-refractivity contribution in [2.45, 2.75) is 18.3 Å². The largest absolute Gasteiger partial charge is 0.319 e. The minimum Gasteiger partial charge on any atom is -0.319 e. The average molecular weight is 322 g/mol. The molecule has 0 atom stereocenters. The third-order valence-corrected chi connectivity index (χ3v) is 5.69. The fourth-order valence-electron chi connectivity index (χ4n) is 2.43. The number of hydrogen-bond acceptors (Lipinski definition) is 2. The molecular weight excluding hydrogens is 306 g/mol. The van der Waals surface area contributed by atoms with Crippen LogP contribution in [0.5, 0.6) is 0 Å². The van der Waals surface area contributed by atoms with E-state index in [9.17, 15) is 0 Å². The summed E-state index contributed by atoms with van der Waals surface area (Å²) in [7, 11) is 2.04. The third-order valence-electron chi connectivity index (χ3n) is 3.64. The van der Waals surface area contributed by atoms with Crippen LogP contribution >= 0.6 is 27.3 Å². The molecule has 1 N–H and O–H groups in total. The summed E-state index contributed by atoms with van der Waals surface area (Å²) in [5.74, 6) is 0. The van der Waals surface area contributed by atoms with Crippen LogP contribution in [-0.4, -0.2) is 13.6 Å². The molecule has 1 fully saturated rings. The minimum absolute atomic E-state index is 0.429. The topological polar surface area (TPSA) is 12.0 Å². The van der Waals surface area contributed by atoms with Crippen LogP contribution < -0.4 is 5.32 Å². The SMILES string of the molecule is CNCC1(c2ccc(-c3ccccc3Br)s2)CC1. The molecule has 3 heteroatoms. The Bertz CT molecular complexity index is 557. The van der Waals surface area contributed by atoms with Gasteiger partial charge >= 0.3 is 0 Å². The second-order valence-electron chi connectivity index (χ2n) is 4.95. The molecule has 0 bridgehead atoms. The first-order valence-electron chi connectivity index (χ1n) is 6.25. The second-order valence-corrected chi connectivity index (χ2v) is 6.89. The standard InChI is InChI=1S/C15H16BrNS/c1-17-10-15(8-9-15)14-7-6-13(18-14)11-4-2-3-5-12(11)16/h2-7,17H,8-10H2,1H3. The quantitative estimate of drug-likeness (QED) is 0.878. The lowest BCUT2D eigenvalue weighted by Crippen LogP contribution is -2.22. The van der Waals surface area contributed by atoms with Crippen LogP contribution in [0.1, 0.15) is 17.7 Å². The molecule has 18 heavy (non-hydrogen) atoms. The molecule has 1 aliphatic rings. The van der Waals surface area contributed by atoms with Gasteiger partial charge in [-0.2, -0.15) is 0 Å². The van der Waals surface area contributed by atoms with E-state index < -0.39 is 0 Å². The Labute approximate surface area is 120 Å². The van der Waals surface area contributed by atoms with Crippen molar-refractivity contribution in [1.29, 1.82) is 0 Å². The normalized spacial score (nSPS) is 16.8. The van der Waals surface area contributed by atoms with Crippen LogP contribution in [0.25, 0.3) is 10.4 Å². The average Bonchev–Trinajstić information content (AvgIpc) is 2.99. The third kappa shape index (κ3) is 2.15. The van der Waals surface area contributed by atoms with E-state index in [-0.39, 0.29) is 0 Å². The van der Waals surface area contributed by atoms with E-state index in [0.717, 1.165) is 6.54 Å². The Morgan fingerprint density at radius 2 is 2.00 bits per heavy atom. The predicted octanol–water partition coefficient (Wildman–Crippen LogP) is 4.43. The number of nitrogens with one attached hydrogen (secondary N) is 1. The molecule has 0 amide bonds. The Morgan fingerprint density at radius 3 is 2.67 bits per heavy atom. The minimum atomic E-state index is 0.429. The Hall–Kier alpha value is -0.640. The van der Waals surface area contributed by atoms with Gasteiger partial charge in [-0.1, -0.05) is 34.1 Å². The number of likely N-dealkylation sites (N-methyl/N-ethyl adjacent to an activating group) is 1. The maximum absolute atomic E-state index is 3.63. The highest BCUT2D eigenvalue weighted by atomic mass is 79.9. The maximum Gasteiger partial charge on any atom is 0.0357 e. The summed E-state index contributed by atoms with van der Waals surface area (Å²) in [5.41, 5.74) is 1.73. The van der Waals surface area contributed by atoms with E-state index in [0.29, 0.717) is 5.41 Å². The zero-order valence-corrected chi connectivity index (χ0v) is 12.8. The summed E-state index contributed by atoms with van der Waals surface area (Å²) in [5, 5.41) is 3.33. The van der Waals surface area contributed by atoms with Crippen molar-refractivity contribution in [3.63, 3.8) is 0 Å². The second kappa shape index (κ2) is 4.80. The molecular formula is C15H16BrNS. The highest BCUT2D eigenvalue weighted by Gasteiger charge is 2.44. The van der Waals surface area contributed by atoms with E-state index in [1.807, 2.05) is 18.4 Å². The molecule has 1 heterocycles. The van der Waals surface area contributed by atoms with Crippen molar-refractivity contribution in [3.8, 4) is 10.4 Å². The molecule has 0 spiro atoms. The van der Waals surface area contributed by atoms with E-state index in [1.54, 1.807) is 0 Å². The van der Waals surface area contributed by atoms with Gasteiger partial charge in [0, 0.05) is 31.8 Å². The van der Waals surface area contributed by atoms with Crippen molar-refractivity contribution in [2.75, 3.05) is 13.6 Å². The molecule has 1 aromatic carbocycles. The lowest BCUT2D eigenvalue weighted by Gasteiger charge is -2.11. The molecule has 0 unspecified atom stereocenters. The summed E-state index contributed by atoms with van der Waals surface area (Å²) in [6, 6.07) is 13.0. The lowest BCUT2D eigenvalue weighted by atomic mass is 10.1. The van der Waals surface area contributed by atoms with Crippen LogP contribution in [0.3, 0.4) is 0 Å². The van der Waals surface area contributed by atoms with E-state index in [2.05, 4.69) is 57.6 Å². The van der Waals surface area contributed by atoms with Gasteiger partial charge in [-0.05, 0) is 38.1 Å². The molecule has 0 saturated heterocycles. The van der Waals surface area contributed by atoms with Crippen LogP contribution in [0, 0.1) is 0 Å². The van der Waals surface area contributed by atoms with Gasteiger partial charge in [-0.3, -0.25) is 0 Å². The van der Waals surface area contributed by atoms with E-state index in [4.69, 9.17) is 0 Å². The molecule has 2 aromatic rings. The molecule has 1 saturated carbocycles. The maximum atomic E-state index is 3.63. The highest BCUT2D eigenvalue weighted by Crippen LogP contribution is 2.51. The van der Waals surface area contributed by atoms with Crippen molar-refractivity contribution >= 4 is 27.3 Å². The number of benzene rings is 1. The van der Waals surface area contributed by atoms with Gasteiger partial charge in [-0.25, -0.2) is 0 Å². The molecule has 3 rings (SSSR count). The van der Waals surface area contributed by atoms with Crippen molar-refractivity contribution in [1.82, 2.24) is 5.32 Å². The van der Waals surface area contributed by atoms with Crippen molar-refractivity contribution in [3.05, 3.63) is 45.7 Å². The Morgan fingerprint density at radius 1 is 1.22 bits per heavy atom. The number of rotatable bonds is 4. The summed E-state index contributed by atoms with van der Waals surface area (Å²) in [6.07, 6.45) is 2.65. The highest BCUT2D eigenvalue weighted by molar-refractivity contribution is 9.10. The van der Waals surface area contributed by atoms with Crippen molar-refractivity contribution in [2.24, 2.45) is 0 Å². The molecule has 0 aliphatic heterocycles. The first-order valence-corrected chi connectivity index (χ1v) is 7.86. The van der Waals surface area contributed by atoms with Gasteiger partial charge in [-0.15, -0.1) is 11.3 Å². The smallest absolute Gasteiger partial charge is 0.0357 e. The first-order chi connectivity index (χ1) is 8.75. The van der Waals surface area contributed by atoms with Crippen LogP contribution in [0.15, 0.2) is 40.9 Å². The molecule has 1 aliphatic carbocycles. The Kier molecular flexibility index (Phi) is 3.31. The summed E-state index contributed by atoms with van der Waals surface area (Å²) in [4.78, 5) is 2.89. The lowest BCUT2D eigenvalue weighted by molar-refractivity contribution is 0.634. The van der Waals surface area contributed by atoms with Crippen molar-refractivity contribution < 1.29 is 0 Å². The molecule has 0 radical (unpaired) electrons. The fourth-order valence-corrected chi connectivity index (χ4v) is 4.35. The fraction of sp³-hybridized carbons (Fsp3) is 0.333. The number of halogens is 1. The van der Waals surface area contributed by atoms with Crippen LogP contribution in [0.2, 0.25) is 0 Å². The van der Waals surface area contributed by atoms with Gasteiger partial charge in [0.2, 0.25) is 0 Å². The molecule has 94 valence electrons. The monoisotopic (exact) mass is 321 g/mol. The van der Waals surface area contributed by atoms with Crippen LogP contribution in [0.4, 0.5) is 0 Å². The zero-order valence-electron chi connectivity index (χ0n) is 10.4. The summed E-state index contributed by atoms with van der Waals surface area (Å²) < 4.78 is 1.18. The number of thiophene rings is 1. The first kappa shape index (κ1) is 12.4. The van der Waals surface area contributed by atoms with Gasteiger partial charge < -0.3 is 5.32 Å². The molecule has 1 nitrogen and oxygen atoms in total. The summed E-state index contributed by atoms with van der Waals surface area (Å²) in [6.45, 7) is 1.10. The van der Waals surface area contributed by atoms with E-state index in [1.165, 1.54) is 32.6 Å². The predicted molar refractivity (Wildman–Crippen MR) is 82.3 cm³/mol.